The van der Waals surface area contributed by atoms with Crippen LogP contribution in [-0.2, 0) is 9.59 Å². The Balaban J connectivity index is 1.80. The first-order valence-corrected chi connectivity index (χ1v) is 7.58. The number of hydrogen-bond donors (Lipinski definition) is 1. The molecule has 0 radical (unpaired) electrons. The Morgan fingerprint density at radius 2 is 1.47 bits per heavy atom. The van der Waals surface area contributed by atoms with Crippen LogP contribution in [0.2, 0.25) is 0 Å². The number of nitrogens with one attached hydrogen (secondary N) is 1. The van der Waals surface area contributed by atoms with E-state index in [1.54, 1.807) is 6.92 Å². The first kappa shape index (κ1) is 14.5. The highest BCUT2D eigenvalue weighted by molar-refractivity contribution is 5.81. The fourth-order valence-electron chi connectivity index (χ4n) is 3.39. The molecule has 1 saturated carbocycles. The summed E-state index contributed by atoms with van der Waals surface area (Å²) in [5, 5.41) is 3.29. The molecule has 0 aromatic rings. The zero-order valence-electron chi connectivity index (χ0n) is 12.2. The van der Waals surface area contributed by atoms with Crippen LogP contribution in [0.4, 0.5) is 0 Å². The van der Waals surface area contributed by atoms with Crippen molar-refractivity contribution in [3.8, 4) is 0 Å². The summed E-state index contributed by atoms with van der Waals surface area (Å²) in [4.78, 5) is 25.8. The third-order valence-electron chi connectivity index (χ3n) is 4.87. The summed E-state index contributed by atoms with van der Waals surface area (Å²) >= 11 is 0. The number of Topliss-reactive ketones (excluding diaryl/α,β-unsaturated/α-hetero) is 1. The van der Waals surface area contributed by atoms with E-state index in [4.69, 9.17) is 0 Å². The highest BCUT2D eigenvalue weighted by Crippen LogP contribution is 2.31. The van der Waals surface area contributed by atoms with E-state index in [-0.39, 0.29) is 11.8 Å². The van der Waals surface area contributed by atoms with Crippen LogP contribution in [0, 0.1) is 11.8 Å². The molecule has 1 amide bonds. The summed E-state index contributed by atoms with van der Waals surface area (Å²) in [7, 11) is 1.99. The van der Waals surface area contributed by atoms with Crippen molar-refractivity contribution in [3.05, 3.63) is 0 Å². The molecule has 4 heteroatoms. The fraction of sp³-hybridized carbons (Fsp3) is 0.867. The monoisotopic (exact) mass is 266 g/mol. The number of carbonyl (C=O) groups is 2. The number of likely N-dealkylation sites (tertiary alicyclic amines) is 1. The molecule has 2 rings (SSSR count). The Morgan fingerprint density at radius 3 is 1.95 bits per heavy atom. The second kappa shape index (κ2) is 6.51. The Kier molecular flexibility index (Phi) is 4.97. The van der Waals surface area contributed by atoms with E-state index >= 15 is 0 Å². The van der Waals surface area contributed by atoms with Crippen molar-refractivity contribution in [2.24, 2.45) is 11.8 Å². The maximum atomic E-state index is 12.4. The molecule has 0 aromatic heterocycles. The van der Waals surface area contributed by atoms with Crippen molar-refractivity contribution in [1.29, 1.82) is 0 Å². The second-order valence-corrected chi connectivity index (χ2v) is 6.05. The van der Waals surface area contributed by atoms with Gasteiger partial charge in [0.1, 0.15) is 5.78 Å². The molecule has 1 aliphatic heterocycles. The zero-order chi connectivity index (χ0) is 13.8. The lowest BCUT2D eigenvalue weighted by molar-refractivity contribution is -0.139. The van der Waals surface area contributed by atoms with Crippen LogP contribution in [0.15, 0.2) is 0 Å². The van der Waals surface area contributed by atoms with E-state index in [9.17, 15) is 9.59 Å². The lowest BCUT2D eigenvalue weighted by Crippen LogP contribution is -2.46. The number of nitrogens with zero attached hydrogens (tertiary/aromatic N) is 1. The molecular formula is C15H26N2O2. The summed E-state index contributed by atoms with van der Waals surface area (Å²) in [5.74, 6) is 0.998. The van der Waals surface area contributed by atoms with Crippen LogP contribution >= 0.6 is 0 Å². The summed E-state index contributed by atoms with van der Waals surface area (Å²) < 4.78 is 0. The number of piperidine rings is 1. The zero-order valence-corrected chi connectivity index (χ0v) is 12.2. The first-order chi connectivity index (χ1) is 9.11. The van der Waals surface area contributed by atoms with Gasteiger partial charge in [-0.25, -0.2) is 0 Å². The third-order valence-corrected chi connectivity index (χ3v) is 4.87. The second-order valence-electron chi connectivity index (χ2n) is 6.05. The van der Waals surface area contributed by atoms with Gasteiger partial charge in [-0.2, -0.15) is 0 Å². The van der Waals surface area contributed by atoms with Gasteiger partial charge >= 0.3 is 0 Å². The first-order valence-electron chi connectivity index (χ1n) is 7.58. The molecule has 0 unspecified atom stereocenters. The third kappa shape index (κ3) is 3.56. The van der Waals surface area contributed by atoms with Crippen LogP contribution in [0.1, 0.15) is 45.4 Å². The molecule has 0 atom stereocenters. The Morgan fingerprint density at radius 1 is 0.947 bits per heavy atom. The van der Waals surface area contributed by atoms with E-state index < -0.39 is 0 Å². The standard InChI is InChI=1S/C15H26N2O2/c1-11(18)12-3-5-13(6-4-12)15(19)17-9-7-14(16-2)8-10-17/h12-14,16H,3-10H2,1-2H3. The van der Waals surface area contributed by atoms with Crippen LogP contribution in [-0.4, -0.2) is 42.8 Å². The highest BCUT2D eigenvalue weighted by atomic mass is 16.2. The molecule has 1 saturated heterocycles. The predicted octanol–water partition coefficient (Wildman–Crippen LogP) is 1.59. The van der Waals surface area contributed by atoms with E-state index in [1.165, 1.54) is 0 Å². The summed E-state index contributed by atoms with van der Waals surface area (Å²) in [6, 6.07) is 0.567. The van der Waals surface area contributed by atoms with Crippen LogP contribution in [0.25, 0.3) is 0 Å². The van der Waals surface area contributed by atoms with Gasteiger partial charge in [-0.1, -0.05) is 0 Å². The van der Waals surface area contributed by atoms with E-state index in [2.05, 4.69) is 5.32 Å². The number of hydrogen-bond acceptors (Lipinski definition) is 3. The lowest BCUT2D eigenvalue weighted by atomic mass is 9.79. The molecule has 2 fully saturated rings. The molecule has 4 nitrogen and oxygen atoms in total. The molecular weight excluding hydrogens is 240 g/mol. The Hall–Kier alpha value is -0.900. The van der Waals surface area contributed by atoms with E-state index in [0.29, 0.717) is 17.7 Å². The maximum absolute atomic E-state index is 12.4. The maximum Gasteiger partial charge on any atom is 0.225 e. The largest absolute Gasteiger partial charge is 0.342 e. The summed E-state index contributed by atoms with van der Waals surface area (Å²) in [6.07, 6.45) is 5.72. The molecule has 108 valence electrons. The lowest BCUT2D eigenvalue weighted by Gasteiger charge is -2.36. The molecule has 0 spiro atoms. The topological polar surface area (TPSA) is 49.4 Å². The van der Waals surface area contributed by atoms with E-state index in [1.807, 2.05) is 11.9 Å². The number of ketones is 1. The van der Waals surface area contributed by atoms with Crippen molar-refractivity contribution in [3.63, 3.8) is 0 Å². The van der Waals surface area contributed by atoms with Gasteiger partial charge in [0.2, 0.25) is 5.91 Å². The highest BCUT2D eigenvalue weighted by Gasteiger charge is 2.32. The van der Waals surface area contributed by atoms with Crippen molar-refractivity contribution in [2.45, 2.75) is 51.5 Å². The normalized spacial score (nSPS) is 29.3. The number of amides is 1. The molecule has 0 bridgehead atoms. The molecule has 1 N–H and O–H groups in total. The van der Waals surface area contributed by atoms with Gasteiger partial charge < -0.3 is 10.2 Å². The summed E-state index contributed by atoms with van der Waals surface area (Å²) in [6.45, 7) is 3.45. The minimum Gasteiger partial charge on any atom is -0.342 e. The predicted molar refractivity (Wildman–Crippen MR) is 74.8 cm³/mol. The van der Waals surface area contributed by atoms with Gasteiger partial charge in [-0.15, -0.1) is 0 Å². The van der Waals surface area contributed by atoms with Crippen LogP contribution in [0.3, 0.4) is 0 Å². The smallest absolute Gasteiger partial charge is 0.225 e. The molecule has 19 heavy (non-hydrogen) atoms. The van der Waals surface area contributed by atoms with Gasteiger partial charge in [0.15, 0.2) is 0 Å². The van der Waals surface area contributed by atoms with Gasteiger partial charge in [0.05, 0.1) is 0 Å². The average Bonchev–Trinajstić information content (AvgIpc) is 2.46. The van der Waals surface area contributed by atoms with Gasteiger partial charge in [0, 0.05) is 31.0 Å². The minimum absolute atomic E-state index is 0.168. The van der Waals surface area contributed by atoms with Crippen molar-refractivity contribution >= 4 is 11.7 Å². The quantitative estimate of drug-likeness (QED) is 0.844. The van der Waals surface area contributed by atoms with E-state index in [0.717, 1.165) is 51.6 Å². The molecule has 2 aliphatic rings. The summed E-state index contributed by atoms with van der Waals surface area (Å²) in [5.41, 5.74) is 0. The molecule has 1 heterocycles. The number of carbonyl (C=O) groups excluding carboxylic acids is 2. The molecule has 0 aromatic carbocycles. The van der Waals surface area contributed by atoms with Crippen molar-refractivity contribution in [2.75, 3.05) is 20.1 Å². The van der Waals surface area contributed by atoms with Gasteiger partial charge in [-0.05, 0) is 52.5 Å². The molecule has 1 aliphatic carbocycles. The Labute approximate surface area is 115 Å². The van der Waals surface area contributed by atoms with Crippen molar-refractivity contribution in [1.82, 2.24) is 10.2 Å². The Bertz CT molecular complexity index is 327. The van der Waals surface area contributed by atoms with Gasteiger partial charge in [-0.3, -0.25) is 9.59 Å². The fourth-order valence-corrected chi connectivity index (χ4v) is 3.39. The SMILES string of the molecule is CNC1CCN(C(=O)C2CCC(C(C)=O)CC2)CC1. The van der Waals surface area contributed by atoms with Crippen LogP contribution < -0.4 is 5.32 Å². The van der Waals surface area contributed by atoms with Crippen LogP contribution in [0.5, 0.6) is 0 Å². The average molecular weight is 266 g/mol. The van der Waals surface area contributed by atoms with Gasteiger partial charge in [0.25, 0.3) is 0 Å². The number of rotatable bonds is 3. The van der Waals surface area contributed by atoms with Crippen molar-refractivity contribution < 1.29 is 9.59 Å². The minimum atomic E-state index is 0.168.